The number of aromatic nitrogens is 2. The van der Waals surface area contributed by atoms with Crippen molar-refractivity contribution in [3.63, 3.8) is 0 Å². The fraction of sp³-hybridized carbons (Fsp3) is 0.273. The van der Waals surface area contributed by atoms with E-state index in [-0.39, 0.29) is 38.6 Å². The number of alkyl halides is 3. The molecular formula is C22H20Cl2F3N5O4. The summed E-state index contributed by atoms with van der Waals surface area (Å²) in [5, 5.41) is 2.53. The fourth-order valence-corrected chi connectivity index (χ4v) is 3.76. The number of fused-ring (bicyclic) bond motifs is 1. The number of rotatable bonds is 6. The maximum atomic E-state index is 13.9. The Morgan fingerprint density at radius 1 is 1.08 bits per heavy atom. The summed E-state index contributed by atoms with van der Waals surface area (Å²) in [5.74, 6) is -2.23. The molecule has 1 aromatic heterocycles. The minimum Gasteiger partial charge on any atom is -0.443 e. The van der Waals surface area contributed by atoms with Crippen LogP contribution in [0.4, 0.5) is 23.7 Å². The Hall–Kier alpha value is -3.35. The summed E-state index contributed by atoms with van der Waals surface area (Å²) in [4.78, 5) is 40.2. The van der Waals surface area contributed by atoms with E-state index in [1.54, 1.807) is 20.8 Å². The van der Waals surface area contributed by atoms with Crippen molar-refractivity contribution < 1.29 is 32.3 Å². The number of nitrogens with one attached hydrogen (secondary N) is 3. The normalized spacial score (nSPS) is 12.8. The van der Waals surface area contributed by atoms with Gasteiger partial charge in [-0.05, 0) is 45.0 Å². The van der Waals surface area contributed by atoms with Gasteiger partial charge in [-0.2, -0.15) is 13.2 Å². The van der Waals surface area contributed by atoms with E-state index in [1.807, 2.05) is 5.43 Å². The number of anilines is 1. The molecule has 3 aromatic rings. The molecule has 3 rings (SSSR count). The Bertz CT molecular complexity index is 1300. The van der Waals surface area contributed by atoms with Gasteiger partial charge in [0.25, 0.3) is 5.91 Å². The van der Waals surface area contributed by atoms with Crippen LogP contribution in [0.25, 0.3) is 11.0 Å². The zero-order valence-electron chi connectivity index (χ0n) is 19.0. The van der Waals surface area contributed by atoms with Gasteiger partial charge in [0.2, 0.25) is 5.82 Å². The van der Waals surface area contributed by atoms with E-state index >= 15 is 0 Å². The van der Waals surface area contributed by atoms with Gasteiger partial charge in [0.05, 0.1) is 26.8 Å². The highest BCUT2D eigenvalue weighted by atomic mass is 35.5. The summed E-state index contributed by atoms with van der Waals surface area (Å²) in [6, 6.07) is 8.33. The maximum Gasteiger partial charge on any atom is 0.449 e. The molecule has 14 heteroatoms. The van der Waals surface area contributed by atoms with Crippen LogP contribution in [-0.4, -0.2) is 33.4 Å². The van der Waals surface area contributed by atoms with Crippen molar-refractivity contribution in [2.45, 2.75) is 38.7 Å². The Morgan fingerprint density at radius 3 is 2.25 bits per heavy atom. The van der Waals surface area contributed by atoms with Gasteiger partial charge in [-0.3, -0.25) is 19.6 Å². The number of carbonyl (C=O) groups excluding carboxylic acids is 3. The molecule has 0 fully saturated rings. The topological polar surface area (TPSA) is 114 Å². The number of halogens is 5. The van der Waals surface area contributed by atoms with E-state index in [0.29, 0.717) is 4.57 Å². The predicted octanol–water partition coefficient (Wildman–Crippen LogP) is 5.34. The van der Waals surface area contributed by atoms with E-state index < -0.39 is 35.8 Å². The first-order chi connectivity index (χ1) is 16.7. The van der Waals surface area contributed by atoms with Gasteiger partial charge in [0.15, 0.2) is 12.5 Å². The number of benzene rings is 2. The Labute approximate surface area is 212 Å². The number of para-hydroxylation sites is 1. The Morgan fingerprint density at radius 2 is 1.69 bits per heavy atom. The lowest BCUT2D eigenvalue weighted by molar-refractivity contribution is -0.148. The van der Waals surface area contributed by atoms with Crippen LogP contribution in [0.1, 0.15) is 43.1 Å². The zero-order chi connectivity index (χ0) is 26.8. The molecule has 1 unspecified atom stereocenters. The number of aldehydes is 1. The van der Waals surface area contributed by atoms with Crippen LogP contribution in [0.5, 0.6) is 0 Å². The lowest BCUT2D eigenvalue weighted by atomic mass is 10.2. The standard InChI is InChI=1S/C22H20Cl2F3N5O4/c1-21(2,3)36-20(35)31-30-15(10-33)32-14-9-5-8-13(17(14)29-19(32)22(25,26)27)28-18(34)16-11(23)6-4-7-12(16)24/h4-10,15,30H,1-3H3,(H,28,34)(H,31,35). The van der Waals surface area contributed by atoms with Gasteiger partial charge in [-0.15, -0.1) is 0 Å². The third kappa shape index (κ3) is 6.07. The first kappa shape index (κ1) is 27.2. The average Bonchev–Trinajstić information content (AvgIpc) is 3.14. The minimum atomic E-state index is -5.00. The van der Waals surface area contributed by atoms with Gasteiger partial charge < -0.3 is 10.1 Å². The molecule has 0 saturated heterocycles. The van der Waals surface area contributed by atoms with Crippen molar-refractivity contribution in [3.05, 3.63) is 57.8 Å². The summed E-state index contributed by atoms with van der Waals surface area (Å²) < 4.78 is 47.3. The molecule has 0 spiro atoms. The highest BCUT2D eigenvalue weighted by Gasteiger charge is 2.40. The molecule has 2 aromatic carbocycles. The van der Waals surface area contributed by atoms with Crippen LogP contribution in [0.2, 0.25) is 10.0 Å². The highest BCUT2D eigenvalue weighted by molar-refractivity contribution is 6.40. The van der Waals surface area contributed by atoms with E-state index in [9.17, 15) is 27.6 Å². The van der Waals surface area contributed by atoms with Crippen LogP contribution in [0.15, 0.2) is 36.4 Å². The molecule has 0 saturated carbocycles. The third-order valence-corrected chi connectivity index (χ3v) is 5.17. The molecule has 0 aliphatic carbocycles. The number of hydrogen-bond acceptors (Lipinski definition) is 6. The van der Waals surface area contributed by atoms with E-state index in [0.717, 1.165) is 0 Å². The van der Waals surface area contributed by atoms with Gasteiger partial charge in [-0.1, -0.05) is 35.3 Å². The summed E-state index contributed by atoms with van der Waals surface area (Å²) in [7, 11) is 0. The number of imidazole rings is 1. The second kappa shape index (κ2) is 10.3. The molecule has 1 heterocycles. The molecular weight excluding hydrogens is 526 g/mol. The number of carbonyl (C=O) groups is 3. The SMILES string of the molecule is CC(C)(C)OC(=O)NNC(C=O)n1c(C(F)(F)F)nc2c(NC(=O)c3c(Cl)cccc3Cl)cccc21. The van der Waals surface area contributed by atoms with Crippen LogP contribution < -0.4 is 16.2 Å². The van der Waals surface area contributed by atoms with Crippen molar-refractivity contribution in [3.8, 4) is 0 Å². The molecule has 0 aliphatic rings. The number of hydrogen-bond donors (Lipinski definition) is 3. The second-order valence-electron chi connectivity index (χ2n) is 8.38. The Kier molecular flexibility index (Phi) is 7.82. The third-order valence-electron chi connectivity index (χ3n) is 4.54. The molecule has 192 valence electrons. The minimum absolute atomic E-state index is 0.0344. The van der Waals surface area contributed by atoms with Crippen molar-refractivity contribution in [1.82, 2.24) is 20.4 Å². The van der Waals surface area contributed by atoms with Gasteiger partial charge in [0.1, 0.15) is 11.1 Å². The molecule has 9 nitrogen and oxygen atoms in total. The quantitative estimate of drug-likeness (QED) is 0.284. The van der Waals surface area contributed by atoms with Crippen LogP contribution in [-0.2, 0) is 15.7 Å². The molecule has 3 N–H and O–H groups in total. The number of amides is 2. The molecule has 0 aliphatic heterocycles. The Balaban J connectivity index is 2.03. The molecule has 0 radical (unpaired) electrons. The van der Waals surface area contributed by atoms with E-state index in [4.69, 9.17) is 27.9 Å². The van der Waals surface area contributed by atoms with Crippen molar-refractivity contribution in [2.24, 2.45) is 0 Å². The van der Waals surface area contributed by atoms with Crippen LogP contribution in [0.3, 0.4) is 0 Å². The highest BCUT2D eigenvalue weighted by Crippen LogP contribution is 2.35. The summed E-state index contributed by atoms with van der Waals surface area (Å²) in [6.07, 6.45) is -7.61. The van der Waals surface area contributed by atoms with Crippen LogP contribution >= 0.6 is 23.2 Å². The zero-order valence-corrected chi connectivity index (χ0v) is 20.5. The molecule has 0 bridgehead atoms. The van der Waals surface area contributed by atoms with E-state index in [2.05, 4.69) is 15.7 Å². The van der Waals surface area contributed by atoms with E-state index in [1.165, 1.54) is 36.4 Å². The monoisotopic (exact) mass is 545 g/mol. The number of ether oxygens (including phenoxy) is 1. The van der Waals surface area contributed by atoms with Crippen molar-refractivity contribution >= 4 is 58.2 Å². The summed E-state index contributed by atoms with van der Waals surface area (Å²) in [5.41, 5.74) is 2.75. The lowest BCUT2D eigenvalue weighted by Crippen LogP contribution is -2.45. The van der Waals surface area contributed by atoms with Gasteiger partial charge in [0, 0.05) is 0 Å². The number of hydrazine groups is 1. The average molecular weight is 546 g/mol. The molecule has 36 heavy (non-hydrogen) atoms. The molecule has 1 atom stereocenters. The maximum absolute atomic E-state index is 13.9. The smallest absolute Gasteiger partial charge is 0.443 e. The second-order valence-corrected chi connectivity index (χ2v) is 9.19. The summed E-state index contributed by atoms with van der Waals surface area (Å²) >= 11 is 12.1. The first-order valence-electron chi connectivity index (χ1n) is 10.3. The summed E-state index contributed by atoms with van der Waals surface area (Å²) in [6.45, 7) is 4.75. The largest absolute Gasteiger partial charge is 0.449 e. The van der Waals surface area contributed by atoms with Crippen molar-refractivity contribution in [2.75, 3.05) is 5.32 Å². The molecule has 2 amide bonds. The fourth-order valence-electron chi connectivity index (χ4n) is 3.19. The van der Waals surface area contributed by atoms with Crippen molar-refractivity contribution in [1.29, 1.82) is 0 Å². The van der Waals surface area contributed by atoms with Crippen LogP contribution in [0, 0.1) is 0 Å². The number of nitrogens with zero attached hydrogens (tertiary/aromatic N) is 2. The van der Waals surface area contributed by atoms with Gasteiger partial charge >= 0.3 is 12.3 Å². The first-order valence-corrected chi connectivity index (χ1v) is 11.0. The van der Waals surface area contributed by atoms with Gasteiger partial charge in [-0.25, -0.2) is 15.2 Å². The lowest BCUT2D eigenvalue weighted by Gasteiger charge is -2.22. The predicted molar refractivity (Wildman–Crippen MR) is 127 cm³/mol.